The summed E-state index contributed by atoms with van der Waals surface area (Å²) in [6, 6.07) is 4.09. The average Bonchev–Trinajstić information content (AvgIpc) is 2.65. The van der Waals surface area contributed by atoms with Gasteiger partial charge in [0.1, 0.15) is 11.9 Å². The first-order valence-corrected chi connectivity index (χ1v) is 5.81. The summed E-state index contributed by atoms with van der Waals surface area (Å²) in [7, 11) is 0. The van der Waals surface area contributed by atoms with Crippen LogP contribution in [0.1, 0.15) is 44.0 Å². The fraction of sp³-hybridized carbons (Fsp3) is 0.667. The summed E-state index contributed by atoms with van der Waals surface area (Å²) in [6.45, 7) is 1.08. The second kappa shape index (κ2) is 5.33. The molecule has 0 bridgehead atoms. The van der Waals surface area contributed by atoms with Crippen LogP contribution < -0.4 is 5.32 Å². The Balaban J connectivity index is 1.84. The van der Waals surface area contributed by atoms with Gasteiger partial charge in [-0.05, 0) is 37.9 Å². The number of nitrogens with one attached hydrogen (secondary N) is 1. The minimum absolute atomic E-state index is 0.438. The summed E-state index contributed by atoms with van der Waals surface area (Å²) in [5.74, 6) is 0.682. The van der Waals surface area contributed by atoms with Crippen LogP contribution in [0.4, 0.5) is 0 Å². The van der Waals surface area contributed by atoms with Crippen molar-refractivity contribution in [1.29, 1.82) is 0 Å². The lowest BCUT2D eigenvalue weighted by molar-refractivity contribution is 0.125. The molecule has 1 aromatic heterocycles. The Kier molecular flexibility index (Phi) is 3.80. The van der Waals surface area contributed by atoms with Gasteiger partial charge in [0.2, 0.25) is 0 Å². The predicted octanol–water partition coefficient (Wildman–Crippen LogP) is 2.24. The first-order valence-electron chi connectivity index (χ1n) is 5.81. The van der Waals surface area contributed by atoms with Gasteiger partial charge in [-0.25, -0.2) is 0 Å². The van der Waals surface area contributed by atoms with Gasteiger partial charge in [-0.3, -0.25) is 0 Å². The van der Waals surface area contributed by atoms with E-state index in [0.29, 0.717) is 11.8 Å². The number of aliphatic hydroxyl groups is 1. The highest BCUT2D eigenvalue weighted by molar-refractivity contribution is 5.02. The molecule has 3 nitrogen and oxygen atoms in total. The summed E-state index contributed by atoms with van der Waals surface area (Å²) in [4.78, 5) is 0. The first kappa shape index (κ1) is 10.7. The fourth-order valence-corrected chi connectivity index (χ4v) is 2.17. The maximum Gasteiger partial charge on any atom is 0.132 e. The van der Waals surface area contributed by atoms with Crippen LogP contribution in [0.2, 0.25) is 0 Å². The highest BCUT2D eigenvalue weighted by Crippen LogP contribution is 2.22. The van der Waals surface area contributed by atoms with E-state index in [9.17, 15) is 5.11 Å². The molecule has 2 N–H and O–H groups in total. The second-order valence-corrected chi connectivity index (χ2v) is 4.27. The van der Waals surface area contributed by atoms with Crippen LogP contribution in [-0.4, -0.2) is 17.7 Å². The van der Waals surface area contributed by atoms with Gasteiger partial charge in [0, 0.05) is 6.04 Å². The third-order valence-corrected chi connectivity index (χ3v) is 3.04. The molecule has 0 spiro atoms. The van der Waals surface area contributed by atoms with Crippen molar-refractivity contribution in [1.82, 2.24) is 5.32 Å². The molecule has 0 unspecified atom stereocenters. The lowest BCUT2D eigenvalue weighted by Gasteiger charge is -2.18. The number of furan rings is 1. The van der Waals surface area contributed by atoms with Crippen molar-refractivity contribution in [2.45, 2.75) is 44.2 Å². The molecular formula is C12H19NO2. The van der Waals surface area contributed by atoms with Gasteiger partial charge < -0.3 is 14.8 Å². The third kappa shape index (κ3) is 3.08. The number of hydrogen-bond acceptors (Lipinski definition) is 3. The minimum atomic E-state index is -0.462. The first-order chi connectivity index (χ1) is 7.36. The zero-order valence-electron chi connectivity index (χ0n) is 8.98. The number of aliphatic hydroxyl groups excluding tert-OH is 1. The van der Waals surface area contributed by atoms with Crippen LogP contribution in [0.25, 0.3) is 0 Å². The second-order valence-electron chi connectivity index (χ2n) is 4.27. The molecule has 0 amide bonds. The van der Waals surface area contributed by atoms with E-state index in [1.165, 1.54) is 19.3 Å². The molecule has 1 aromatic rings. The van der Waals surface area contributed by atoms with Crippen LogP contribution >= 0.6 is 0 Å². The zero-order chi connectivity index (χ0) is 10.5. The molecular weight excluding hydrogens is 190 g/mol. The van der Waals surface area contributed by atoms with Crippen LogP contribution in [0, 0.1) is 0 Å². The Bertz CT molecular complexity index is 263. The maximum absolute atomic E-state index is 9.92. The Morgan fingerprint density at radius 1 is 1.47 bits per heavy atom. The summed E-state index contributed by atoms with van der Waals surface area (Å²) >= 11 is 0. The molecule has 2 atom stereocenters. The molecule has 2 rings (SSSR count). The lowest BCUT2D eigenvalue weighted by atomic mass is 10.0. The molecule has 1 saturated heterocycles. The van der Waals surface area contributed by atoms with Crippen molar-refractivity contribution >= 4 is 0 Å². The molecule has 1 fully saturated rings. The Labute approximate surface area is 90.5 Å². The number of hydrogen-bond donors (Lipinski definition) is 2. The number of rotatable bonds is 3. The molecule has 15 heavy (non-hydrogen) atoms. The molecule has 0 aromatic carbocycles. The van der Waals surface area contributed by atoms with E-state index >= 15 is 0 Å². The quantitative estimate of drug-likeness (QED) is 0.802. The van der Waals surface area contributed by atoms with Crippen LogP contribution in [0.15, 0.2) is 22.8 Å². The van der Waals surface area contributed by atoms with E-state index in [2.05, 4.69) is 5.32 Å². The lowest BCUT2D eigenvalue weighted by Crippen LogP contribution is -2.29. The molecule has 0 radical (unpaired) electrons. The van der Waals surface area contributed by atoms with Crippen molar-refractivity contribution in [2.24, 2.45) is 0 Å². The minimum Gasteiger partial charge on any atom is -0.467 e. The van der Waals surface area contributed by atoms with Gasteiger partial charge in [-0.2, -0.15) is 0 Å². The Morgan fingerprint density at radius 3 is 3.20 bits per heavy atom. The van der Waals surface area contributed by atoms with Gasteiger partial charge in [0.25, 0.3) is 0 Å². The molecule has 3 heteroatoms. The smallest absolute Gasteiger partial charge is 0.132 e. The van der Waals surface area contributed by atoms with E-state index in [-0.39, 0.29) is 0 Å². The SMILES string of the molecule is O[C@@H](C[C@H]1CCCCCN1)c1ccco1. The maximum atomic E-state index is 9.92. The van der Waals surface area contributed by atoms with Gasteiger partial charge in [-0.1, -0.05) is 12.8 Å². The largest absolute Gasteiger partial charge is 0.467 e. The molecule has 84 valence electrons. The van der Waals surface area contributed by atoms with E-state index in [1.807, 2.05) is 12.1 Å². The van der Waals surface area contributed by atoms with E-state index in [0.717, 1.165) is 19.4 Å². The Hall–Kier alpha value is -0.800. The van der Waals surface area contributed by atoms with Crippen molar-refractivity contribution in [2.75, 3.05) is 6.54 Å². The molecule has 1 aliphatic heterocycles. The van der Waals surface area contributed by atoms with Crippen molar-refractivity contribution in [3.05, 3.63) is 24.2 Å². The normalized spacial score (nSPS) is 24.7. The van der Waals surface area contributed by atoms with Gasteiger partial charge in [0.15, 0.2) is 0 Å². The summed E-state index contributed by atoms with van der Waals surface area (Å²) in [5.41, 5.74) is 0. The summed E-state index contributed by atoms with van der Waals surface area (Å²) < 4.78 is 5.19. The zero-order valence-corrected chi connectivity index (χ0v) is 8.98. The summed E-state index contributed by atoms with van der Waals surface area (Å²) in [5, 5.41) is 13.4. The van der Waals surface area contributed by atoms with Crippen molar-refractivity contribution in [3.63, 3.8) is 0 Å². The fourth-order valence-electron chi connectivity index (χ4n) is 2.17. The van der Waals surface area contributed by atoms with Crippen LogP contribution in [0.3, 0.4) is 0 Å². The molecule has 0 saturated carbocycles. The van der Waals surface area contributed by atoms with E-state index < -0.39 is 6.10 Å². The van der Waals surface area contributed by atoms with Crippen LogP contribution in [0.5, 0.6) is 0 Å². The highest BCUT2D eigenvalue weighted by atomic mass is 16.4. The van der Waals surface area contributed by atoms with E-state index in [4.69, 9.17) is 4.42 Å². The van der Waals surface area contributed by atoms with E-state index in [1.54, 1.807) is 6.26 Å². The summed E-state index contributed by atoms with van der Waals surface area (Å²) in [6.07, 6.45) is 6.90. The Morgan fingerprint density at radius 2 is 2.40 bits per heavy atom. The topological polar surface area (TPSA) is 45.4 Å². The monoisotopic (exact) mass is 209 g/mol. The molecule has 0 aliphatic carbocycles. The molecule has 2 heterocycles. The van der Waals surface area contributed by atoms with Gasteiger partial charge in [-0.15, -0.1) is 0 Å². The van der Waals surface area contributed by atoms with Gasteiger partial charge >= 0.3 is 0 Å². The predicted molar refractivity (Wildman–Crippen MR) is 58.5 cm³/mol. The van der Waals surface area contributed by atoms with Crippen molar-refractivity contribution in [3.8, 4) is 0 Å². The highest BCUT2D eigenvalue weighted by Gasteiger charge is 2.18. The van der Waals surface area contributed by atoms with Gasteiger partial charge in [0.05, 0.1) is 6.26 Å². The average molecular weight is 209 g/mol. The molecule has 1 aliphatic rings. The van der Waals surface area contributed by atoms with Crippen LogP contribution in [-0.2, 0) is 0 Å². The van der Waals surface area contributed by atoms with Crippen molar-refractivity contribution < 1.29 is 9.52 Å². The standard InChI is InChI=1S/C12H19NO2/c14-11(12-6-4-8-15-12)9-10-5-2-1-3-7-13-10/h4,6,8,10-11,13-14H,1-3,5,7,9H2/t10-,11+/m1/s1. The third-order valence-electron chi connectivity index (χ3n) is 3.04.